The fraction of sp³-hybridized carbons (Fsp3) is 0.333. The van der Waals surface area contributed by atoms with Crippen molar-refractivity contribution < 1.29 is 18.7 Å². The smallest absolute Gasteiger partial charge is 0.311 e. The molecule has 5 nitrogen and oxygen atoms in total. The van der Waals surface area contributed by atoms with Gasteiger partial charge in [0.15, 0.2) is 6.61 Å². The van der Waals surface area contributed by atoms with Gasteiger partial charge in [-0.25, -0.2) is 4.39 Å². The molecule has 1 aliphatic heterocycles. The molecule has 0 saturated carbocycles. The molecule has 0 spiro atoms. The zero-order valence-electron chi connectivity index (χ0n) is 13.7. The second kappa shape index (κ2) is 8.11. The van der Waals surface area contributed by atoms with Gasteiger partial charge in [-0.05, 0) is 23.6 Å². The van der Waals surface area contributed by atoms with Gasteiger partial charge in [-0.1, -0.05) is 18.2 Å². The number of para-hydroxylation sites is 1. The summed E-state index contributed by atoms with van der Waals surface area (Å²) in [7, 11) is 0. The number of rotatable bonds is 5. The van der Waals surface area contributed by atoms with Gasteiger partial charge in [0, 0.05) is 31.1 Å². The Kier molecular flexibility index (Phi) is 5.65. The van der Waals surface area contributed by atoms with E-state index in [0.29, 0.717) is 31.9 Å². The van der Waals surface area contributed by atoms with Crippen LogP contribution in [0.25, 0.3) is 0 Å². The quantitative estimate of drug-likeness (QED) is 0.766. The highest BCUT2D eigenvalue weighted by atomic mass is 32.1. The lowest BCUT2D eigenvalue weighted by atomic mass is 10.2. The summed E-state index contributed by atoms with van der Waals surface area (Å²) >= 11 is 1.48. The topological polar surface area (TPSA) is 49.9 Å². The van der Waals surface area contributed by atoms with Gasteiger partial charge in [0.05, 0.1) is 12.1 Å². The fourth-order valence-corrected chi connectivity index (χ4v) is 3.44. The van der Waals surface area contributed by atoms with E-state index in [1.165, 1.54) is 17.4 Å². The summed E-state index contributed by atoms with van der Waals surface area (Å²) in [5.41, 5.74) is 0.553. The molecular formula is C18H19FN2O3S. The van der Waals surface area contributed by atoms with Crippen molar-refractivity contribution in [2.24, 2.45) is 0 Å². The Bertz CT molecular complexity index is 728. The summed E-state index contributed by atoms with van der Waals surface area (Å²) < 4.78 is 18.9. The molecule has 25 heavy (non-hydrogen) atoms. The van der Waals surface area contributed by atoms with E-state index in [1.807, 2.05) is 22.4 Å². The summed E-state index contributed by atoms with van der Waals surface area (Å²) in [6.07, 6.45) is 0.187. The number of carbonyl (C=O) groups excluding carboxylic acids is 2. The lowest BCUT2D eigenvalue weighted by Crippen LogP contribution is -2.50. The molecule has 0 atom stereocenters. The number of hydrogen-bond acceptors (Lipinski definition) is 5. The van der Waals surface area contributed by atoms with E-state index < -0.39 is 5.97 Å². The summed E-state index contributed by atoms with van der Waals surface area (Å²) in [6.45, 7) is 1.82. The molecule has 1 aliphatic rings. The maximum absolute atomic E-state index is 13.8. The maximum Gasteiger partial charge on any atom is 0.311 e. The molecule has 7 heteroatoms. The van der Waals surface area contributed by atoms with Crippen LogP contribution in [0, 0.1) is 5.82 Å². The minimum atomic E-state index is -0.402. The van der Waals surface area contributed by atoms with Gasteiger partial charge in [-0.15, -0.1) is 11.3 Å². The van der Waals surface area contributed by atoms with E-state index in [0.717, 1.165) is 4.88 Å². The molecular weight excluding hydrogens is 343 g/mol. The minimum Gasteiger partial charge on any atom is -0.455 e. The highest BCUT2D eigenvalue weighted by molar-refractivity contribution is 7.10. The van der Waals surface area contributed by atoms with Crippen LogP contribution in [0.4, 0.5) is 10.1 Å². The molecule has 3 rings (SSSR count). The summed E-state index contributed by atoms with van der Waals surface area (Å²) in [4.78, 5) is 28.4. The molecule has 0 radical (unpaired) electrons. The standard InChI is InChI=1S/C18H19FN2O3S/c19-15-5-1-2-6-16(15)20-7-9-21(10-8-20)17(22)13-24-18(23)12-14-4-3-11-25-14/h1-6,11H,7-10,12-13H2. The van der Waals surface area contributed by atoms with Gasteiger partial charge in [0.1, 0.15) is 5.82 Å². The van der Waals surface area contributed by atoms with Crippen molar-refractivity contribution >= 4 is 28.9 Å². The zero-order valence-corrected chi connectivity index (χ0v) is 14.5. The molecule has 1 saturated heterocycles. The van der Waals surface area contributed by atoms with Crippen LogP contribution in [0.15, 0.2) is 41.8 Å². The largest absolute Gasteiger partial charge is 0.455 e. The molecule has 1 fully saturated rings. The third kappa shape index (κ3) is 4.57. The van der Waals surface area contributed by atoms with Gasteiger partial charge in [-0.3, -0.25) is 9.59 Å². The number of thiophene rings is 1. The fourth-order valence-electron chi connectivity index (χ4n) is 2.74. The van der Waals surface area contributed by atoms with E-state index in [4.69, 9.17) is 4.74 Å². The molecule has 1 amide bonds. The number of piperazine rings is 1. The molecule has 0 N–H and O–H groups in total. The predicted octanol–water partition coefficient (Wildman–Crippen LogP) is 2.32. The predicted molar refractivity (Wildman–Crippen MR) is 94.2 cm³/mol. The molecule has 1 aromatic carbocycles. The maximum atomic E-state index is 13.8. The van der Waals surface area contributed by atoms with Gasteiger partial charge >= 0.3 is 5.97 Å². The Hall–Kier alpha value is -2.41. The first kappa shape index (κ1) is 17.4. The van der Waals surface area contributed by atoms with Crippen LogP contribution in [0.2, 0.25) is 0 Å². The lowest BCUT2D eigenvalue weighted by Gasteiger charge is -2.36. The van der Waals surface area contributed by atoms with Crippen LogP contribution < -0.4 is 4.90 Å². The number of carbonyl (C=O) groups is 2. The van der Waals surface area contributed by atoms with Crippen molar-refractivity contribution in [3.8, 4) is 0 Å². The second-order valence-corrected chi connectivity index (χ2v) is 6.77. The van der Waals surface area contributed by atoms with Crippen molar-refractivity contribution in [1.82, 2.24) is 4.90 Å². The zero-order chi connectivity index (χ0) is 17.6. The summed E-state index contributed by atoms with van der Waals surface area (Å²) in [6, 6.07) is 10.3. The molecule has 0 unspecified atom stereocenters. The summed E-state index contributed by atoms with van der Waals surface area (Å²) in [5.74, 6) is -0.877. The Balaban J connectivity index is 1.44. The number of ether oxygens (including phenoxy) is 1. The lowest BCUT2D eigenvalue weighted by molar-refractivity contribution is -0.151. The first-order valence-electron chi connectivity index (χ1n) is 8.09. The van der Waals surface area contributed by atoms with E-state index >= 15 is 0 Å². The number of nitrogens with zero attached hydrogens (tertiary/aromatic N) is 2. The average molecular weight is 362 g/mol. The number of benzene rings is 1. The highest BCUT2D eigenvalue weighted by Crippen LogP contribution is 2.20. The van der Waals surface area contributed by atoms with Crippen molar-refractivity contribution in [2.75, 3.05) is 37.7 Å². The monoisotopic (exact) mass is 362 g/mol. The molecule has 2 aromatic rings. The van der Waals surface area contributed by atoms with Crippen LogP contribution in [-0.4, -0.2) is 49.6 Å². The van der Waals surface area contributed by atoms with E-state index in [2.05, 4.69) is 0 Å². The highest BCUT2D eigenvalue weighted by Gasteiger charge is 2.23. The molecule has 0 bridgehead atoms. The third-order valence-electron chi connectivity index (χ3n) is 4.08. The Morgan fingerprint density at radius 1 is 1.08 bits per heavy atom. The number of anilines is 1. The molecule has 1 aromatic heterocycles. The van der Waals surface area contributed by atoms with Gasteiger partial charge in [-0.2, -0.15) is 0 Å². The Labute approximate surface area is 149 Å². The van der Waals surface area contributed by atoms with Crippen molar-refractivity contribution in [3.05, 3.63) is 52.5 Å². The van der Waals surface area contributed by atoms with Crippen LogP contribution >= 0.6 is 11.3 Å². The first-order valence-corrected chi connectivity index (χ1v) is 8.96. The van der Waals surface area contributed by atoms with Crippen molar-refractivity contribution in [3.63, 3.8) is 0 Å². The number of esters is 1. The number of amides is 1. The van der Waals surface area contributed by atoms with Crippen LogP contribution in [0.5, 0.6) is 0 Å². The average Bonchev–Trinajstić information content (AvgIpc) is 3.13. The van der Waals surface area contributed by atoms with Crippen molar-refractivity contribution in [2.45, 2.75) is 6.42 Å². The van der Waals surface area contributed by atoms with Crippen molar-refractivity contribution in [1.29, 1.82) is 0 Å². The van der Waals surface area contributed by atoms with Gasteiger partial charge in [0.2, 0.25) is 0 Å². The normalized spacial score (nSPS) is 14.4. The van der Waals surface area contributed by atoms with Crippen LogP contribution in [0.3, 0.4) is 0 Å². The third-order valence-corrected chi connectivity index (χ3v) is 4.96. The molecule has 2 heterocycles. The number of halogens is 1. The Morgan fingerprint density at radius 3 is 2.52 bits per heavy atom. The van der Waals surface area contributed by atoms with Gasteiger partial charge in [0.25, 0.3) is 5.91 Å². The summed E-state index contributed by atoms with van der Waals surface area (Å²) in [5, 5.41) is 1.89. The second-order valence-electron chi connectivity index (χ2n) is 5.74. The van der Waals surface area contributed by atoms with E-state index in [9.17, 15) is 14.0 Å². The van der Waals surface area contributed by atoms with E-state index in [1.54, 1.807) is 23.1 Å². The van der Waals surface area contributed by atoms with E-state index in [-0.39, 0.29) is 24.8 Å². The number of hydrogen-bond donors (Lipinski definition) is 0. The van der Waals surface area contributed by atoms with Gasteiger partial charge < -0.3 is 14.5 Å². The molecule has 0 aliphatic carbocycles. The molecule has 132 valence electrons. The Morgan fingerprint density at radius 2 is 1.84 bits per heavy atom. The first-order chi connectivity index (χ1) is 12.1. The van der Waals surface area contributed by atoms with Crippen LogP contribution in [-0.2, 0) is 20.7 Å². The minimum absolute atomic E-state index is 0.187. The SMILES string of the molecule is O=C(Cc1cccs1)OCC(=O)N1CCN(c2ccccc2F)CC1. The van der Waals surface area contributed by atoms with Crippen LogP contribution in [0.1, 0.15) is 4.88 Å².